The van der Waals surface area contributed by atoms with Gasteiger partial charge in [-0.1, -0.05) is 34.6 Å². The monoisotopic (exact) mass is 798 g/mol. The zero-order valence-electron chi connectivity index (χ0n) is 33.7. The van der Waals surface area contributed by atoms with Crippen LogP contribution in [0.1, 0.15) is 93.4 Å². The summed E-state index contributed by atoms with van der Waals surface area (Å²) in [5.41, 5.74) is -3.28. The van der Waals surface area contributed by atoms with Crippen LogP contribution in [-0.2, 0) is 28.4 Å². The SMILES string of the molecule is C[C@@H]1C[C@H]2O[C@@]3(O[C@@H]2C(C)(C)O)[C@H](O)[C@@]2(C)[C@@H]4CC[C@H]5C(C)(C)[C@@H](O[C@@H]6OC[C@@H](O)[C@H](O[C@@H]7O[C@H](CO)[C@@H](O)[C@H](O)[C@H]7O)[C@H]6O)CC[C@@]56C[C@@]46C[C@@H](O)[C@]2(C)[C@@H]13. The molecule has 3 spiro atoms. The van der Waals surface area contributed by atoms with Gasteiger partial charge in [-0.15, -0.1) is 0 Å². The van der Waals surface area contributed by atoms with Crippen LogP contribution in [0.2, 0.25) is 0 Å². The first kappa shape index (κ1) is 40.8. The molecule has 0 radical (unpaired) electrons. The van der Waals surface area contributed by atoms with Crippen molar-refractivity contribution in [3.05, 3.63) is 0 Å². The highest BCUT2D eigenvalue weighted by Crippen LogP contribution is 2.90. The van der Waals surface area contributed by atoms with Crippen LogP contribution < -0.4 is 0 Å². The van der Waals surface area contributed by atoms with Gasteiger partial charge in [0.15, 0.2) is 18.4 Å². The molecule has 9 rings (SSSR count). The number of fused-ring (bicyclic) bond motifs is 4. The predicted molar refractivity (Wildman–Crippen MR) is 193 cm³/mol. The average molecular weight is 799 g/mol. The zero-order chi connectivity index (χ0) is 40.5. The second-order valence-corrected chi connectivity index (χ2v) is 21.2. The Morgan fingerprint density at radius 3 is 2.16 bits per heavy atom. The largest absolute Gasteiger partial charge is 0.394 e. The minimum Gasteiger partial charge on any atom is -0.394 e. The van der Waals surface area contributed by atoms with Crippen molar-refractivity contribution in [2.45, 2.75) is 191 Å². The summed E-state index contributed by atoms with van der Waals surface area (Å²) in [7, 11) is 0. The van der Waals surface area contributed by atoms with Crippen molar-refractivity contribution >= 4 is 0 Å². The molecule has 0 amide bonds. The lowest BCUT2D eigenvalue weighted by molar-refractivity contribution is -0.356. The Hall–Kier alpha value is -0.600. The molecule has 4 saturated heterocycles. The van der Waals surface area contributed by atoms with E-state index < -0.39 is 108 Å². The maximum atomic E-state index is 12.8. The second-order valence-electron chi connectivity index (χ2n) is 21.2. The van der Waals surface area contributed by atoms with Gasteiger partial charge in [0, 0.05) is 16.7 Å². The fraction of sp³-hybridized carbons (Fsp3) is 1.00. The molecule has 0 aromatic carbocycles. The Bertz CT molecular complexity index is 1540. The third-order valence-corrected chi connectivity index (χ3v) is 18.0. The highest BCUT2D eigenvalue weighted by molar-refractivity contribution is 5.36. The summed E-state index contributed by atoms with van der Waals surface area (Å²) in [6, 6.07) is 0. The van der Waals surface area contributed by atoms with Crippen molar-refractivity contribution < 1.29 is 74.4 Å². The second kappa shape index (κ2) is 12.7. The lowest BCUT2D eigenvalue weighted by Gasteiger charge is -2.65. The van der Waals surface area contributed by atoms with Crippen LogP contribution in [0.25, 0.3) is 0 Å². The molecule has 15 heteroatoms. The van der Waals surface area contributed by atoms with E-state index in [9.17, 15) is 46.0 Å². The van der Waals surface area contributed by atoms with E-state index in [0.29, 0.717) is 19.3 Å². The van der Waals surface area contributed by atoms with Crippen LogP contribution in [0, 0.1) is 50.7 Å². The van der Waals surface area contributed by atoms with Crippen molar-refractivity contribution in [3.8, 4) is 0 Å². The van der Waals surface area contributed by atoms with Crippen LogP contribution in [0.4, 0.5) is 0 Å². The number of aliphatic hydroxyl groups excluding tert-OH is 8. The van der Waals surface area contributed by atoms with Crippen molar-refractivity contribution in [1.29, 1.82) is 0 Å². The highest BCUT2D eigenvalue weighted by Gasteiger charge is 2.90. The van der Waals surface area contributed by atoms with E-state index in [-0.39, 0.29) is 53.3 Å². The van der Waals surface area contributed by atoms with E-state index in [1.807, 2.05) is 0 Å². The third kappa shape index (κ3) is 4.93. The Kier molecular flexibility index (Phi) is 9.27. The molecule has 5 saturated carbocycles. The molecule has 23 atom stereocenters. The summed E-state index contributed by atoms with van der Waals surface area (Å²) < 4.78 is 37.4. The summed E-state index contributed by atoms with van der Waals surface area (Å²) in [5, 5.41) is 99.5. The topological polar surface area (TPSA) is 237 Å². The molecule has 9 N–H and O–H groups in total. The summed E-state index contributed by atoms with van der Waals surface area (Å²) >= 11 is 0. The average Bonchev–Trinajstić information content (AvgIpc) is 3.62. The number of aliphatic hydroxyl groups is 9. The maximum absolute atomic E-state index is 12.8. The molecule has 320 valence electrons. The zero-order valence-corrected chi connectivity index (χ0v) is 33.7. The van der Waals surface area contributed by atoms with Gasteiger partial charge in [0.1, 0.15) is 54.9 Å². The van der Waals surface area contributed by atoms with Crippen LogP contribution in [0.5, 0.6) is 0 Å². The van der Waals surface area contributed by atoms with Crippen LogP contribution in [-0.4, -0.2) is 156 Å². The van der Waals surface area contributed by atoms with Gasteiger partial charge in [0.2, 0.25) is 0 Å². The minimum atomic E-state index is -1.71. The molecule has 9 aliphatic rings. The molecule has 5 aliphatic carbocycles. The summed E-state index contributed by atoms with van der Waals surface area (Å²) in [6.45, 7) is 13.5. The molecule has 4 aliphatic heterocycles. The van der Waals surface area contributed by atoms with E-state index >= 15 is 0 Å². The number of hydrogen-bond acceptors (Lipinski definition) is 15. The first-order valence-electron chi connectivity index (χ1n) is 21.1. The maximum Gasteiger partial charge on any atom is 0.199 e. The summed E-state index contributed by atoms with van der Waals surface area (Å²) in [5.74, 6) is -1.16. The number of rotatable bonds is 6. The fourth-order valence-corrected chi connectivity index (χ4v) is 15.5. The smallest absolute Gasteiger partial charge is 0.199 e. The van der Waals surface area contributed by atoms with Crippen molar-refractivity contribution in [1.82, 2.24) is 0 Å². The van der Waals surface area contributed by atoms with Crippen LogP contribution >= 0.6 is 0 Å². The van der Waals surface area contributed by atoms with Crippen LogP contribution in [0.3, 0.4) is 0 Å². The first-order chi connectivity index (χ1) is 26.1. The van der Waals surface area contributed by atoms with Gasteiger partial charge < -0.3 is 74.4 Å². The van der Waals surface area contributed by atoms with Gasteiger partial charge in [-0.05, 0) is 92.8 Å². The normalized spacial score (nSPS) is 61.1. The van der Waals surface area contributed by atoms with Crippen molar-refractivity contribution in [2.24, 2.45) is 50.7 Å². The quantitative estimate of drug-likeness (QED) is 0.160. The molecule has 0 unspecified atom stereocenters. The van der Waals surface area contributed by atoms with Gasteiger partial charge in [0.25, 0.3) is 0 Å². The van der Waals surface area contributed by atoms with Crippen molar-refractivity contribution in [2.75, 3.05) is 13.2 Å². The molecule has 2 bridgehead atoms. The first-order valence-corrected chi connectivity index (χ1v) is 21.1. The third-order valence-electron chi connectivity index (χ3n) is 18.0. The molecule has 15 nitrogen and oxygen atoms in total. The molecule has 56 heavy (non-hydrogen) atoms. The molecular formula is C41H66O15. The lowest BCUT2D eigenvalue weighted by atomic mass is 9.40. The van der Waals surface area contributed by atoms with Gasteiger partial charge in [-0.3, -0.25) is 0 Å². The van der Waals surface area contributed by atoms with Crippen molar-refractivity contribution in [3.63, 3.8) is 0 Å². The number of hydrogen-bond donors (Lipinski definition) is 9. The number of ether oxygens (including phenoxy) is 6. The molecule has 0 aromatic rings. The Balaban J connectivity index is 0.949. The van der Waals surface area contributed by atoms with Gasteiger partial charge in [0.05, 0.1) is 37.1 Å². The molecular weight excluding hydrogens is 732 g/mol. The van der Waals surface area contributed by atoms with Crippen LogP contribution in [0.15, 0.2) is 0 Å². The van der Waals surface area contributed by atoms with Gasteiger partial charge in [-0.25, -0.2) is 0 Å². The highest BCUT2D eigenvalue weighted by atomic mass is 16.8. The summed E-state index contributed by atoms with van der Waals surface area (Å²) in [6.07, 6.45) is -10.6. The van der Waals surface area contributed by atoms with E-state index in [4.69, 9.17) is 28.4 Å². The van der Waals surface area contributed by atoms with Gasteiger partial charge in [-0.2, -0.15) is 0 Å². The Morgan fingerprint density at radius 1 is 0.786 bits per heavy atom. The minimum absolute atomic E-state index is 0.0894. The standard InChI is InChI=1S/C41H66O15/c1-17-12-19-31(36(4,5)50)56-41(55-19)30(17)38(7)23(44)13-40-16-39(40)11-10-24(35(2,3)21(39)8-9-22(40)37(38,6)34(41)49)53-32-28(48)29(18(43)15-51-32)54-33-27(47)26(46)25(45)20(14-42)52-33/h17-34,42-50H,8-16H2,1-7H3/t17-,18-,19-,20-,21+,22+,23-,24+,25-,26+,27-,28-,29+,30-,31+,32+,33+,34-,37-,38-,39-,40+,41+/m1/s1. The fourth-order valence-electron chi connectivity index (χ4n) is 15.5. The lowest BCUT2D eigenvalue weighted by Crippen LogP contribution is -2.65. The predicted octanol–water partition coefficient (Wildman–Crippen LogP) is -0.0836. The Labute approximate surface area is 328 Å². The van der Waals surface area contributed by atoms with E-state index in [1.165, 1.54) is 0 Å². The Morgan fingerprint density at radius 2 is 1.48 bits per heavy atom. The van der Waals surface area contributed by atoms with E-state index in [1.54, 1.807) is 13.8 Å². The van der Waals surface area contributed by atoms with Gasteiger partial charge >= 0.3 is 0 Å². The molecule has 9 fully saturated rings. The van der Waals surface area contributed by atoms with E-state index in [2.05, 4.69) is 34.6 Å². The molecule has 0 aromatic heterocycles. The summed E-state index contributed by atoms with van der Waals surface area (Å²) in [4.78, 5) is 0. The van der Waals surface area contributed by atoms with E-state index in [0.717, 1.165) is 25.7 Å². The molecule has 4 heterocycles.